The van der Waals surface area contributed by atoms with Crippen LogP contribution in [0.1, 0.15) is 13.8 Å². The molecule has 0 spiro atoms. The molecule has 0 unspecified atom stereocenters. The van der Waals surface area contributed by atoms with Gasteiger partial charge in [0.1, 0.15) is 0 Å². The van der Waals surface area contributed by atoms with Crippen LogP contribution < -0.4 is 15.2 Å². The highest BCUT2D eigenvalue weighted by Crippen LogP contribution is 2.29. The Balaban J connectivity index is 2.52. The summed E-state index contributed by atoms with van der Waals surface area (Å²) in [5.74, 6) is 1.23. The maximum absolute atomic E-state index is 11.7. The Hall–Kier alpha value is -2.02. The van der Waals surface area contributed by atoms with Crippen molar-refractivity contribution >= 4 is 12.2 Å². The van der Waals surface area contributed by atoms with E-state index in [2.05, 4.69) is 10.2 Å². The largest absolute Gasteiger partial charge is 0.490 e. The predicted molar refractivity (Wildman–Crippen MR) is 73.9 cm³/mol. The molecule has 0 saturated heterocycles. The second kappa shape index (κ2) is 5.75. The van der Waals surface area contributed by atoms with Crippen molar-refractivity contribution in [2.45, 2.75) is 13.8 Å². The van der Waals surface area contributed by atoms with Gasteiger partial charge < -0.3 is 9.47 Å². The molecule has 2 N–H and O–H groups in total. The van der Waals surface area contributed by atoms with E-state index in [1.54, 1.807) is 18.2 Å². The van der Waals surface area contributed by atoms with E-state index in [9.17, 15) is 4.79 Å². The fourth-order valence-corrected chi connectivity index (χ4v) is 1.96. The molecule has 2 rings (SSSR count). The van der Waals surface area contributed by atoms with E-state index in [4.69, 9.17) is 21.7 Å². The highest BCUT2D eigenvalue weighted by Gasteiger charge is 2.09. The zero-order valence-electron chi connectivity index (χ0n) is 10.7. The minimum atomic E-state index is -0.323. The molecule has 0 bridgehead atoms. The number of aromatic nitrogens is 3. The molecule has 1 aromatic carbocycles. The van der Waals surface area contributed by atoms with Crippen LogP contribution in [0.25, 0.3) is 5.69 Å². The van der Waals surface area contributed by atoms with Crippen molar-refractivity contribution in [1.29, 1.82) is 0 Å². The van der Waals surface area contributed by atoms with Gasteiger partial charge in [0.05, 0.1) is 18.9 Å². The Labute approximate surface area is 115 Å². The summed E-state index contributed by atoms with van der Waals surface area (Å²) < 4.78 is 12.6. The zero-order valence-corrected chi connectivity index (χ0v) is 11.5. The number of aromatic amines is 2. The summed E-state index contributed by atoms with van der Waals surface area (Å²) in [5.41, 5.74) is 0.302. The van der Waals surface area contributed by atoms with Gasteiger partial charge in [-0.2, -0.15) is 0 Å². The first-order chi connectivity index (χ1) is 9.17. The van der Waals surface area contributed by atoms with Gasteiger partial charge in [-0.1, -0.05) is 0 Å². The zero-order chi connectivity index (χ0) is 13.8. The summed E-state index contributed by atoms with van der Waals surface area (Å²) in [6.07, 6.45) is 0. The van der Waals surface area contributed by atoms with Crippen molar-refractivity contribution in [2.75, 3.05) is 13.2 Å². The van der Waals surface area contributed by atoms with Crippen molar-refractivity contribution in [2.24, 2.45) is 0 Å². The van der Waals surface area contributed by atoms with Crippen molar-refractivity contribution < 1.29 is 9.47 Å². The molecule has 0 aliphatic carbocycles. The van der Waals surface area contributed by atoms with Gasteiger partial charge in [0.15, 0.2) is 11.5 Å². The molecule has 0 atom stereocenters. The molecule has 0 radical (unpaired) electrons. The van der Waals surface area contributed by atoms with Crippen molar-refractivity contribution in [3.63, 3.8) is 0 Å². The van der Waals surface area contributed by atoms with E-state index in [0.29, 0.717) is 35.2 Å². The Morgan fingerprint density at radius 2 is 1.84 bits per heavy atom. The lowest BCUT2D eigenvalue weighted by molar-refractivity contribution is 0.287. The van der Waals surface area contributed by atoms with Crippen LogP contribution in [0, 0.1) is 4.77 Å². The number of ether oxygens (including phenoxy) is 2. The molecule has 0 fully saturated rings. The summed E-state index contributed by atoms with van der Waals surface area (Å²) in [7, 11) is 0. The summed E-state index contributed by atoms with van der Waals surface area (Å²) in [5, 5.41) is 5.03. The Bertz CT molecular complexity index is 644. The minimum Gasteiger partial charge on any atom is -0.490 e. The van der Waals surface area contributed by atoms with E-state index in [-0.39, 0.29) is 5.69 Å². The van der Waals surface area contributed by atoms with E-state index in [0.717, 1.165) is 0 Å². The summed E-state index contributed by atoms with van der Waals surface area (Å²) >= 11 is 5.05. The fraction of sp³-hybridized carbons (Fsp3) is 0.333. The van der Waals surface area contributed by atoms with E-state index < -0.39 is 0 Å². The molecule has 19 heavy (non-hydrogen) atoms. The van der Waals surface area contributed by atoms with Gasteiger partial charge >= 0.3 is 5.69 Å². The molecule has 6 nitrogen and oxygen atoms in total. The highest BCUT2D eigenvalue weighted by molar-refractivity contribution is 7.71. The Kier molecular flexibility index (Phi) is 4.06. The van der Waals surface area contributed by atoms with E-state index in [1.165, 1.54) is 4.57 Å². The molecule has 102 valence electrons. The molecule has 0 aliphatic rings. The normalized spacial score (nSPS) is 10.4. The summed E-state index contributed by atoms with van der Waals surface area (Å²) in [4.78, 5) is 11.7. The van der Waals surface area contributed by atoms with Gasteiger partial charge in [-0.05, 0) is 38.2 Å². The van der Waals surface area contributed by atoms with Crippen LogP contribution in [-0.2, 0) is 0 Å². The number of benzene rings is 1. The third-order valence-electron chi connectivity index (χ3n) is 2.47. The topological polar surface area (TPSA) is 72.0 Å². The second-order valence-corrected chi connectivity index (χ2v) is 4.08. The van der Waals surface area contributed by atoms with Gasteiger partial charge in [0.25, 0.3) is 0 Å². The maximum atomic E-state index is 11.7. The third-order valence-corrected chi connectivity index (χ3v) is 2.75. The second-order valence-electron chi connectivity index (χ2n) is 3.69. The molecule has 0 amide bonds. The summed E-state index contributed by atoms with van der Waals surface area (Å²) in [6.45, 7) is 4.84. The number of rotatable bonds is 5. The molecular weight excluding hydrogens is 266 g/mol. The third kappa shape index (κ3) is 2.70. The maximum Gasteiger partial charge on any atom is 0.347 e. The Morgan fingerprint density at radius 3 is 2.42 bits per heavy atom. The number of nitrogens with zero attached hydrogens (tertiary/aromatic N) is 1. The molecule has 0 saturated carbocycles. The van der Waals surface area contributed by atoms with Crippen molar-refractivity contribution in [1.82, 2.24) is 14.8 Å². The smallest absolute Gasteiger partial charge is 0.347 e. The monoisotopic (exact) mass is 281 g/mol. The van der Waals surface area contributed by atoms with Gasteiger partial charge in [0.2, 0.25) is 4.77 Å². The standard InChI is InChI=1S/C12H15N3O3S/c1-3-17-9-6-5-8(7-10(9)18-4-2)15-11(16)13-14-12(15)19/h5-7H,3-4H2,1-2H3,(H,13,16)(H,14,19). The average Bonchev–Trinajstić information content (AvgIpc) is 2.72. The molecule has 7 heteroatoms. The van der Waals surface area contributed by atoms with Crippen LogP contribution in [0.4, 0.5) is 0 Å². The van der Waals surface area contributed by atoms with Crippen LogP contribution in [0.2, 0.25) is 0 Å². The van der Waals surface area contributed by atoms with E-state index >= 15 is 0 Å². The number of H-pyrrole nitrogens is 2. The summed E-state index contributed by atoms with van der Waals surface area (Å²) in [6, 6.07) is 5.25. The van der Waals surface area contributed by atoms with Crippen LogP contribution >= 0.6 is 12.2 Å². The van der Waals surface area contributed by atoms with Gasteiger partial charge in [-0.25, -0.2) is 14.5 Å². The van der Waals surface area contributed by atoms with Gasteiger partial charge in [-0.3, -0.25) is 5.10 Å². The van der Waals surface area contributed by atoms with Gasteiger partial charge in [-0.15, -0.1) is 0 Å². The van der Waals surface area contributed by atoms with Crippen molar-refractivity contribution in [3.8, 4) is 17.2 Å². The molecular formula is C12H15N3O3S. The highest BCUT2D eigenvalue weighted by atomic mass is 32.1. The number of hydrogen-bond acceptors (Lipinski definition) is 4. The fourth-order valence-electron chi connectivity index (χ4n) is 1.72. The molecule has 1 heterocycles. The lowest BCUT2D eigenvalue weighted by Gasteiger charge is -2.12. The van der Waals surface area contributed by atoms with Crippen LogP contribution in [0.3, 0.4) is 0 Å². The van der Waals surface area contributed by atoms with Crippen LogP contribution in [0.15, 0.2) is 23.0 Å². The molecule has 0 aliphatic heterocycles. The number of hydrogen-bond donors (Lipinski definition) is 2. The first-order valence-corrected chi connectivity index (χ1v) is 6.38. The quantitative estimate of drug-likeness (QED) is 0.822. The van der Waals surface area contributed by atoms with Crippen molar-refractivity contribution in [3.05, 3.63) is 33.5 Å². The molecule has 1 aromatic heterocycles. The van der Waals surface area contributed by atoms with Crippen LogP contribution in [-0.4, -0.2) is 28.0 Å². The van der Waals surface area contributed by atoms with E-state index in [1.807, 2.05) is 13.8 Å². The van der Waals surface area contributed by atoms with Gasteiger partial charge in [0, 0.05) is 6.07 Å². The average molecular weight is 281 g/mol. The lowest BCUT2D eigenvalue weighted by atomic mass is 10.2. The number of nitrogens with one attached hydrogen (secondary N) is 2. The molecule has 2 aromatic rings. The first kappa shape index (κ1) is 13.4. The SMILES string of the molecule is CCOc1ccc(-n2c(=O)[nH][nH]c2=S)cc1OCC. The van der Waals surface area contributed by atoms with Crippen LogP contribution in [0.5, 0.6) is 11.5 Å². The minimum absolute atomic E-state index is 0.302. The predicted octanol–water partition coefficient (Wildman–Crippen LogP) is 2.02. The first-order valence-electron chi connectivity index (χ1n) is 5.97. The lowest BCUT2D eigenvalue weighted by Crippen LogP contribution is -2.15. The Morgan fingerprint density at radius 1 is 1.16 bits per heavy atom.